The number of piperazine rings is 1. The molecule has 1 fully saturated rings. The molecule has 196 valence electrons. The van der Waals surface area contributed by atoms with Crippen LogP contribution in [0.5, 0.6) is 5.75 Å². The highest BCUT2D eigenvalue weighted by molar-refractivity contribution is 5.92. The summed E-state index contributed by atoms with van der Waals surface area (Å²) in [6, 6.07) is 13.0. The SMILES string of the molecule is COc1ccccc1N1CCN(C(=O)CCCCCN2CC=C(c3c[nH]c4cc(F)ccc34)CC2)CC1. The van der Waals surface area contributed by atoms with Crippen molar-refractivity contribution >= 4 is 28.1 Å². The number of halogens is 1. The number of amides is 1. The van der Waals surface area contributed by atoms with E-state index < -0.39 is 0 Å². The van der Waals surface area contributed by atoms with Crippen molar-refractivity contribution in [1.82, 2.24) is 14.8 Å². The lowest BCUT2D eigenvalue weighted by Gasteiger charge is -2.36. The Bertz CT molecular complexity index is 1250. The van der Waals surface area contributed by atoms with Crippen LogP contribution in [0.3, 0.4) is 0 Å². The number of aromatic amines is 1. The first kappa shape index (κ1) is 25.3. The van der Waals surface area contributed by atoms with Crippen molar-refractivity contribution in [1.29, 1.82) is 0 Å². The summed E-state index contributed by atoms with van der Waals surface area (Å²) in [5, 5.41) is 1.09. The highest BCUT2D eigenvalue weighted by atomic mass is 19.1. The molecule has 2 aliphatic rings. The number of ether oxygens (including phenoxy) is 1. The summed E-state index contributed by atoms with van der Waals surface area (Å²) in [5.74, 6) is 0.958. The van der Waals surface area contributed by atoms with Crippen LogP contribution in [0.1, 0.15) is 37.7 Å². The van der Waals surface area contributed by atoms with Crippen LogP contribution >= 0.6 is 0 Å². The van der Waals surface area contributed by atoms with Gasteiger partial charge >= 0.3 is 0 Å². The topological polar surface area (TPSA) is 51.8 Å². The molecule has 0 atom stereocenters. The van der Waals surface area contributed by atoms with Gasteiger partial charge in [-0.25, -0.2) is 4.39 Å². The number of unbranched alkanes of at least 4 members (excludes halogenated alkanes) is 2. The number of rotatable bonds is 9. The van der Waals surface area contributed by atoms with Gasteiger partial charge in [0.2, 0.25) is 5.91 Å². The number of hydrogen-bond acceptors (Lipinski definition) is 4. The number of fused-ring (bicyclic) bond motifs is 1. The summed E-state index contributed by atoms with van der Waals surface area (Å²) in [6.45, 7) is 6.26. The van der Waals surface area contributed by atoms with Crippen LogP contribution in [0, 0.1) is 5.82 Å². The second-order valence-electron chi connectivity index (χ2n) is 10.0. The van der Waals surface area contributed by atoms with Gasteiger partial charge in [-0.3, -0.25) is 9.69 Å². The smallest absolute Gasteiger partial charge is 0.222 e. The Labute approximate surface area is 218 Å². The largest absolute Gasteiger partial charge is 0.495 e. The Morgan fingerprint density at radius 2 is 1.86 bits per heavy atom. The molecule has 5 rings (SSSR count). The summed E-state index contributed by atoms with van der Waals surface area (Å²) in [4.78, 5) is 22.7. The van der Waals surface area contributed by atoms with E-state index >= 15 is 0 Å². The van der Waals surface area contributed by atoms with Crippen molar-refractivity contribution in [3.8, 4) is 5.75 Å². The van der Waals surface area contributed by atoms with E-state index in [2.05, 4.69) is 26.9 Å². The van der Waals surface area contributed by atoms with Gasteiger partial charge in [-0.15, -0.1) is 0 Å². The van der Waals surface area contributed by atoms with E-state index in [-0.39, 0.29) is 11.7 Å². The van der Waals surface area contributed by atoms with E-state index in [0.29, 0.717) is 6.42 Å². The lowest BCUT2D eigenvalue weighted by molar-refractivity contribution is -0.131. The molecule has 1 N–H and O–H groups in total. The second-order valence-corrected chi connectivity index (χ2v) is 10.0. The first-order valence-corrected chi connectivity index (χ1v) is 13.5. The maximum absolute atomic E-state index is 13.5. The zero-order valence-corrected chi connectivity index (χ0v) is 21.7. The summed E-state index contributed by atoms with van der Waals surface area (Å²) < 4.78 is 19.0. The van der Waals surface area contributed by atoms with Gasteiger partial charge < -0.3 is 19.5 Å². The number of benzene rings is 2. The fourth-order valence-electron chi connectivity index (χ4n) is 5.56. The van der Waals surface area contributed by atoms with Gasteiger partial charge in [-0.1, -0.05) is 24.6 Å². The first-order valence-electron chi connectivity index (χ1n) is 13.5. The standard InChI is InChI=1S/C30H37FN4O2/c1-37-29-8-5-4-7-28(29)34-17-19-35(20-18-34)30(36)9-3-2-6-14-33-15-12-23(13-16-33)26-22-32-27-21-24(31)10-11-25(26)27/h4-5,7-8,10-12,21-22,32H,2-3,6,9,13-20H2,1H3. The fraction of sp³-hybridized carbons (Fsp3) is 0.433. The molecule has 3 heterocycles. The maximum atomic E-state index is 13.5. The normalized spacial score (nSPS) is 16.8. The summed E-state index contributed by atoms with van der Waals surface area (Å²) in [6.07, 6.45) is 9.10. The molecule has 1 saturated heterocycles. The number of anilines is 1. The predicted octanol–water partition coefficient (Wildman–Crippen LogP) is 5.31. The minimum absolute atomic E-state index is 0.210. The Kier molecular flexibility index (Phi) is 8.09. The molecule has 1 amide bonds. The number of hydrogen-bond donors (Lipinski definition) is 1. The quantitative estimate of drug-likeness (QED) is 0.401. The molecule has 2 aromatic carbocycles. The van der Waals surface area contributed by atoms with Gasteiger partial charge in [0.15, 0.2) is 0 Å². The summed E-state index contributed by atoms with van der Waals surface area (Å²) in [7, 11) is 1.70. The molecule has 2 aliphatic heterocycles. The molecule has 1 aromatic heterocycles. The second kappa shape index (κ2) is 11.8. The first-order chi connectivity index (χ1) is 18.1. The van der Waals surface area contributed by atoms with Crippen molar-refractivity contribution in [2.45, 2.75) is 32.1 Å². The van der Waals surface area contributed by atoms with E-state index in [1.54, 1.807) is 13.2 Å². The third-order valence-electron chi connectivity index (χ3n) is 7.71. The lowest BCUT2D eigenvalue weighted by atomic mass is 9.98. The van der Waals surface area contributed by atoms with Crippen LogP contribution in [-0.2, 0) is 4.79 Å². The minimum Gasteiger partial charge on any atom is -0.495 e. The van der Waals surface area contributed by atoms with Crippen molar-refractivity contribution < 1.29 is 13.9 Å². The molecule has 0 saturated carbocycles. The van der Waals surface area contributed by atoms with Gasteiger partial charge in [0, 0.05) is 68.4 Å². The minimum atomic E-state index is -0.210. The van der Waals surface area contributed by atoms with Crippen LogP contribution in [0.2, 0.25) is 0 Å². The Balaban J connectivity index is 0.995. The van der Waals surface area contributed by atoms with Crippen LogP contribution in [0.15, 0.2) is 54.7 Å². The Morgan fingerprint density at radius 3 is 2.65 bits per heavy atom. The summed E-state index contributed by atoms with van der Waals surface area (Å²) in [5.41, 5.74) is 4.49. The number of H-pyrrole nitrogens is 1. The number of aromatic nitrogens is 1. The van der Waals surface area contributed by atoms with Gasteiger partial charge in [0.05, 0.1) is 12.8 Å². The molecule has 0 aliphatic carbocycles. The third-order valence-corrected chi connectivity index (χ3v) is 7.71. The van der Waals surface area contributed by atoms with Crippen LogP contribution in [0.4, 0.5) is 10.1 Å². The predicted molar refractivity (Wildman–Crippen MR) is 148 cm³/mol. The highest BCUT2D eigenvalue weighted by Crippen LogP contribution is 2.30. The molecule has 6 nitrogen and oxygen atoms in total. The number of nitrogens with one attached hydrogen (secondary N) is 1. The van der Waals surface area contributed by atoms with Gasteiger partial charge in [0.1, 0.15) is 11.6 Å². The third kappa shape index (κ3) is 5.99. The molecular formula is C30H37FN4O2. The number of methoxy groups -OCH3 is 1. The van der Waals surface area contributed by atoms with Gasteiger partial charge in [-0.2, -0.15) is 0 Å². The van der Waals surface area contributed by atoms with E-state index in [0.717, 1.165) is 93.8 Å². The lowest BCUT2D eigenvalue weighted by Crippen LogP contribution is -2.48. The van der Waals surface area contributed by atoms with E-state index in [1.807, 2.05) is 35.4 Å². The van der Waals surface area contributed by atoms with Crippen molar-refractivity contribution in [2.75, 3.05) is 57.8 Å². The average molecular weight is 505 g/mol. The zero-order chi connectivity index (χ0) is 25.6. The number of carbonyl (C=O) groups excluding carboxylic acids is 1. The molecule has 7 heteroatoms. The maximum Gasteiger partial charge on any atom is 0.222 e. The molecule has 3 aromatic rings. The molecule has 0 spiro atoms. The van der Waals surface area contributed by atoms with E-state index in [4.69, 9.17) is 4.74 Å². The number of para-hydroxylation sites is 2. The highest BCUT2D eigenvalue weighted by Gasteiger charge is 2.22. The molecule has 37 heavy (non-hydrogen) atoms. The van der Waals surface area contributed by atoms with Crippen LogP contribution < -0.4 is 9.64 Å². The van der Waals surface area contributed by atoms with Crippen molar-refractivity contribution in [3.05, 3.63) is 66.1 Å². The van der Waals surface area contributed by atoms with Gasteiger partial charge in [0.25, 0.3) is 0 Å². The molecule has 0 bridgehead atoms. The molecule has 0 radical (unpaired) electrons. The van der Waals surface area contributed by atoms with Crippen molar-refractivity contribution in [3.63, 3.8) is 0 Å². The van der Waals surface area contributed by atoms with Crippen LogP contribution in [0.25, 0.3) is 16.5 Å². The Morgan fingerprint density at radius 1 is 1.03 bits per heavy atom. The molecule has 0 unspecified atom stereocenters. The van der Waals surface area contributed by atoms with E-state index in [9.17, 15) is 9.18 Å². The van der Waals surface area contributed by atoms with E-state index in [1.165, 1.54) is 17.2 Å². The Hall–Kier alpha value is -3.32. The fourth-order valence-corrected chi connectivity index (χ4v) is 5.56. The monoisotopic (exact) mass is 504 g/mol. The molecular weight excluding hydrogens is 467 g/mol. The average Bonchev–Trinajstić information content (AvgIpc) is 3.36. The number of carbonyl (C=O) groups is 1. The summed E-state index contributed by atoms with van der Waals surface area (Å²) >= 11 is 0. The van der Waals surface area contributed by atoms with Crippen LogP contribution in [-0.4, -0.2) is 73.6 Å². The van der Waals surface area contributed by atoms with Gasteiger partial charge in [-0.05, 0) is 61.7 Å². The zero-order valence-electron chi connectivity index (χ0n) is 21.7. The van der Waals surface area contributed by atoms with Crippen molar-refractivity contribution in [2.24, 2.45) is 0 Å². The number of nitrogens with zero attached hydrogens (tertiary/aromatic N) is 3.